The number of hydrogen-bond acceptors (Lipinski definition) is 9. The van der Waals surface area contributed by atoms with Crippen LogP contribution in [0.25, 0.3) is 22.5 Å². The second-order valence-electron chi connectivity index (χ2n) is 6.51. The van der Waals surface area contributed by atoms with E-state index in [2.05, 4.69) is 24.7 Å². The Hall–Kier alpha value is -4.86. The standard InChI is InChI=1S/C12H11N3O2.C11H9N3O2/c1-17-12(16)10-11(13)14-7-9(15-10)8-5-3-2-4-6-8;12-10-9(11(15)16)14-8(6-13-10)7-4-2-1-3-5-7/h2-7H,1H3,(H2,13,14);1-6H,(H2,12,13)(H,15,16). The molecule has 2 aromatic carbocycles. The number of nitrogens with zero attached hydrogens (tertiary/aromatic N) is 4. The molecule has 0 saturated heterocycles. The van der Waals surface area contributed by atoms with E-state index in [0.717, 1.165) is 11.1 Å². The van der Waals surface area contributed by atoms with Crippen LogP contribution in [-0.4, -0.2) is 44.1 Å². The van der Waals surface area contributed by atoms with Gasteiger partial charge >= 0.3 is 11.9 Å². The minimum atomic E-state index is -1.18. The summed E-state index contributed by atoms with van der Waals surface area (Å²) in [6.45, 7) is 0. The van der Waals surface area contributed by atoms with Crippen molar-refractivity contribution in [1.82, 2.24) is 19.9 Å². The Labute approximate surface area is 188 Å². The lowest BCUT2D eigenvalue weighted by atomic mass is 10.1. The van der Waals surface area contributed by atoms with Crippen LogP contribution < -0.4 is 11.5 Å². The zero-order valence-electron chi connectivity index (χ0n) is 17.5. The fourth-order valence-corrected chi connectivity index (χ4v) is 2.70. The number of carboxylic acid groups (broad SMARTS) is 1. The molecule has 33 heavy (non-hydrogen) atoms. The summed E-state index contributed by atoms with van der Waals surface area (Å²) in [7, 11) is 1.28. The van der Waals surface area contributed by atoms with Crippen molar-refractivity contribution < 1.29 is 19.4 Å². The van der Waals surface area contributed by atoms with Crippen molar-refractivity contribution in [2.24, 2.45) is 0 Å². The summed E-state index contributed by atoms with van der Waals surface area (Å²) in [5, 5.41) is 8.85. The highest BCUT2D eigenvalue weighted by molar-refractivity contribution is 5.92. The average molecular weight is 444 g/mol. The van der Waals surface area contributed by atoms with Gasteiger partial charge in [-0.1, -0.05) is 60.7 Å². The van der Waals surface area contributed by atoms with Gasteiger partial charge in [-0.05, 0) is 0 Å². The molecule has 4 aromatic rings. The van der Waals surface area contributed by atoms with Crippen LogP contribution in [0, 0.1) is 0 Å². The molecular formula is C23H20N6O4. The van der Waals surface area contributed by atoms with E-state index < -0.39 is 11.9 Å². The molecule has 4 rings (SSSR count). The first-order valence-corrected chi connectivity index (χ1v) is 9.58. The second-order valence-corrected chi connectivity index (χ2v) is 6.51. The van der Waals surface area contributed by atoms with Crippen LogP contribution in [-0.2, 0) is 4.74 Å². The van der Waals surface area contributed by atoms with Crippen LogP contribution in [0.5, 0.6) is 0 Å². The van der Waals surface area contributed by atoms with Gasteiger partial charge < -0.3 is 21.3 Å². The first-order chi connectivity index (χ1) is 15.9. The monoisotopic (exact) mass is 444 g/mol. The maximum absolute atomic E-state index is 11.4. The maximum Gasteiger partial charge on any atom is 0.360 e. The van der Waals surface area contributed by atoms with E-state index >= 15 is 0 Å². The van der Waals surface area contributed by atoms with E-state index in [9.17, 15) is 9.59 Å². The first kappa shape index (κ1) is 22.8. The summed E-state index contributed by atoms with van der Waals surface area (Å²) in [4.78, 5) is 38.1. The minimum Gasteiger partial charge on any atom is -0.476 e. The third-order valence-electron chi connectivity index (χ3n) is 4.32. The molecule has 10 nitrogen and oxygen atoms in total. The van der Waals surface area contributed by atoms with Crippen molar-refractivity contribution in [3.63, 3.8) is 0 Å². The lowest BCUT2D eigenvalue weighted by Crippen LogP contribution is -2.10. The molecule has 5 N–H and O–H groups in total. The summed E-state index contributed by atoms with van der Waals surface area (Å²) < 4.78 is 4.59. The Kier molecular flexibility index (Phi) is 7.22. The molecular weight excluding hydrogens is 424 g/mol. The fourth-order valence-electron chi connectivity index (χ4n) is 2.70. The van der Waals surface area contributed by atoms with Crippen LogP contribution in [0.2, 0.25) is 0 Å². The number of methoxy groups -OCH3 is 1. The predicted molar refractivity (Wildman–Crippen MR) is 122 cm³/mol. The molecule has 0 aliphatic heterocycles. The topological polar surface area (TPSA) is 167 Å². The summed E-state index contributed by atoms with van der Waals surface area (Å²) in [5.74, 6) is -1.78. The third kappa shape index (κ3) is 5.64. The number of benzene rings is 2. The van der Waals surface area contributed by atoms with Gasteiger partial charge in [-0.25, -0.2) is 29.5 Å². The van der Waals surface area contributed by atoms with Crippen LogP contribution in [0.15, 0.2) is 73.1 Å². The van der Waals surface area contributed by atoms with Crippen molar-refractivity contribution >= 4 is 23.6 Å². The van der Waals surface area contributed by atoms with E-state index in [1.807, 2.05) is 60.7 Å². The van der Waals surface area contributed by atoms with Crippen molar-refractivity contribution in [2.45, 2.75) is 0 Å². The molecule has 0 aliphatic rings. The molecule has 0 bridgehead atoms. The molecule has 0 aliphatic carbocycles. The van der Waals surface area contributed by atoms with Gasteiger partial charge in [-0.2, -0.15) is 0 Å². The van der Waals surface area contributed by atoms with Gasteiger partial charge in [0.2, 0.25) is 0 Å². The van der Waals surface area contributed by atoms with Crippen LogP contribution in [0.4, 0.5) is 11.6 Å². The van der Waals surface area contributed by atoms with Gasteiger partial charge in [0.15, 0.2) is 23.0 Å². The number of nitrogens with two attached hydrogens (primary N) is 2. The van der Waals surface area contributed by atoms with Gasteiger partial charge in [0.25, 0.3) is 0 Å². The number of anilines is 2. The molecule has 10 heteroatoms. The Morgan fingerprint density at radius 3 is 1.61 bits per heavy atom. The maximum atomic E-state index is 11.4. The number of hydrogen-bond donors (Lipinski definition) is 3. The quantitative estimate of drug-likeness (QED) is 0.398. The molecule has 0 amide bonds. The minimum absolute atomic E-state index is 0.0360. The SMILES string of the molecule is COC(=O)c1nc(-c2ccccc2)cnc1N.Nc1ncc(-c2ccccc2)nc1C(=O)O. The summed E-state index contributed by atoms with van der Waals surface area (Å²) in [6.07, 6.45) is 2.98. The number of aromatic carboxylic acids is 1. The highest BCUT2D eigenvalue weighted by Gasteiger charge is 2.15. The van der Waals surface area contributed by atoms with Crippen molar-refractivity contribution in [3.05, 3.63) is 84.4 Å². The smallest absolute Gasteiger partial charge is 0.360 e. The normalized spacial score (nSPS) is 9.97. The lowest BCUT2D eigenvalue weighted by Gasteiger charge is -2.05. The number of rotatable bonds is 4. The molecule has 0 radical (unpaired) electrons. The van der Waals surface area contributed by atoms with Crippen LogP contribution in [0.3, 0.4) is 0 Å². The first-order valence-electron chi connectivity index (χ1n) is 9.58. The predicted octanol–water partition coefficient (Wildman–Crippen LogP) is 2.94. The van der Waals surface area contributed by atoms with Crippen molar-refractivity contribution in [2.75, 3.05) is 18.6 Å². The average Bonchev–Trinajstić information content (AvgIpc) is 2.85. The number of aromatic nitrogens is 4. The van der Waals surface area contributed by atoms with Crippen LogP contribution in [0.1, 0.15) is 21.0 Å². The molecule has 2 aromatic heterocycles. The fraction of sp³-hybridized carbons (Fsp3) is 0.0435. The third-order valence-corrected chi connectivity index (χ3v) is 4.32. The van der Waals surface area contributed by atoms with E-state index in [1.54, 1.807) is 0 Å². The number of nitrogen functional groups attached to an aromatic ring is 2. The molecule has 2 heterocycles. The summed E-state index contributed by atoms with van der Waals surface area (Å²) in [6, 6.07) is 18.6. The van der Waals surface area contributed by atoms with E-state index in [0.29, 0.717) is 11.4 Å². The molecule has 0 fully saturated rings. The van der Waals surface area contributed by atoms with Crippen molar-refractivity contribution in [1.29, 1.82) is 0 Å². The Bertz CT molecular complexity index is 1270. The molecule has 166 valence electrons. The van der Waals surface area contributed by atoms with Crippen molar-refractivity contribution in [3.8, 4) is 22.5 Å². The summed E-state index contributed by atoms with van der Waals surface area (Å²) >= 11 is 0. The zero-order valence-corrected chi connectivity index (χ0v) is 17.5. The molecule has 0 atom stereocenters. The van der Waals surface area contributed by atoms with Gasteiger partial charge in [0.1, 0.15) is 0 Å². The summed E-state index contributed by atoms with van der Waals surface area (Å²) in [5.41, 5.74) is 13.5. The van der Waals surface area contributed by atoms with Gasteiger partial charge in [0.05, 0.1) is 30.9 Å². The molecule has 0 unspecified atom stereocenters. The highest BCUT2D eigenvalue weighted by Crippen LogP contribution is 2.19. The largest absolute Gasteiger partial charge is 0.476 e. The number of carboxylic acids is 1. The number of esters is 1. The molecule has 0 spiro atoms. The van der Waals surface area contributed by atoms with Crippen LogP contribution >= 0.6 is 0 Å². The van der Waals surface area contributed by atoms with E-state index in [1.165, 1.54) is 19.5 Å². The molecule has 0 saturated carbocycles. The number of carbonyl (C=O) groups excluding carboxylic acids is 1. The van der Waals surface area contributed by atoms with E-state index in [4.69, 9.17) is 16.6 Å². The Balaban J connectivity index is 0.000000186. The van der Waals surface area contributed by atoms with Gasteiger partial charge in [-0.3, -0.25) is 0 Å². The zero-order chi connectivity index (χ0) is 23.8. The number of carbonyl (C=O) groups is 2. The Morgan fingerprint density at radius 2 is 1.18 bits per heavy atom. The van der Waals surface area contributed by atoms with Gasteiger partial charge in [0, 0.05) is 11.1 Å². The number of ether oxygens (including phenoxy) is 1. The lowest BCUT2D eigenvalue weighted by molar-refractivity contribution is 0.0594. The highest BCUT2D eigenvalue weighted by atomic mass is 16.5. The second kappa shape index (κ2) is 10.4. The van der Waals surface area contributed by atoms with E-state index in [-0.39, 0.29) is 23.0 Å². The van der Waals surface area contributed by atoms with Gasteiger partial charge in [-0.15, -0.1) is 0 Å². The Morgan fingerprint density at radius 1 is 0.758 bits per heavy atom.